The molecular formula is C18H15ClO2. The van der Waals surface area contributed by atoms with Gasteiger partial charge in [-0.2, -0.15) is 0 Å². The van der Waals surface area contributed by atoms with Crippen molar-refractivity contribution in [2.24, 2.45) is 0 Å². The quantitative estimate of drug-likeness (QED) is 0.623. The van der Waals surface area contributed by atoms with Crippen LogP contribution in [-0.2, 0) is 4.74 Å². The first-order valence-corrected chi connectivity index (χ1v) is 7.33. The molecule has 21 heavy (non-hydrogen) atoms. The van der Waals surface area contributed by atoms with Gasteiger partial charge >= 0.3 is 5.97 Å². The van der Waals surface area contributed by atoms with Crippen molar-refractivity contribution in [2.75, 3.05) is 0 Å². The number of ether oxygens (including phenoxy) is 1. The van der Waals surface area contributed by atoms with Gasteiger partial charge in [-0.1, -0.05) is 54.6 Å². The normalized spacial score (nSPS) is 22.6. The van der Waals surface area contributed by atoms with Gasteiger partial charge in [0.25, 0.3) is 0 Å². The van der Waals surface area contributed by atoms with E-state index in [0.29, 0.717) is 5.56 Å². The van der Waals surface area contributed by atoms with Gasteiger partial charge in [0.05, 0.1) is 10.9 Å². The fraction of sp³-hybridized carbons (Fsp3) is 0.167. The highest BCUT2D eigenvalue weighted by Crippen LogP contribution is 2.36. The fourth-order valence-electron chi connectivity index (χ4n) is 2.33. The Morgan fingerprint density at radius 2 is 1.67 bits per heavy atom. The second-order valence-electron chi connectivity index (χ2n) is 5.04. The Morgan fingerprint density at radius 1 is 1.05 bits per heavy atom. The van der Waals surface area contributed by atoms with E-state index in [0.717, 1.165) is 17.6 Å². The van der Waals surface area contributed by atoms with Gasteiger partial charge in [-0.25, -0.2) is 4.79 Å². The van der Waals surface area contributed by atoms with Gasteiger partial charge in [-0.15, -0.1) is 11.6 Å². The zero-order valence-corrected chi connectivity index (χ0v) is 12.2. The number of benzene rings is 2. The molecule has 2 atom stereocenters. The molecule has 0 heterocycles. The minimum atomic E-state index is -0.334. The number of esters is 1. The Balaban J connectivity index is 1.72. The molecule has 0 amide bonds. The minimum absolute atomic E-state index is 0.146. The van der Waals surface area contributed by atoms with Crippen molar-refractivity contribution in [3.05, 3.63) is 77.4 Å². The van der Waals surface area contributed by atoms with Gasteiger partial charge in [0.2, 0.25) is 0 Å². The van der Waals surface area contributed by atoms with E-state index in [1.165, 1.54) is 0 Å². The lowest BCUT2D eigenvalue weighted by Crippen LogP contribution is -2.39. The first-order chi connectivity index (χ1) is 10.2. The van der Waals surface area contributed by atoms with Crippen LogP contribution in [0.4, 0.5) is 0 Å². The Morgan fingerprint density at radius 3 is 2.29 bits per heavy atom. The first kappa shape index (κ1) is 13.9. The summed E-state index contributed by atoms with van der Waals surface area (Å²) < 4.78 is 5.53. The molecule has 1 aliphatic carbocycles. The summed E-state index contributed by atoms with van der Waals surface area (Å²) in [6.45, 7) is 0. The Labute approximate surface area is 129 Å². The average Bonchev–Trinajstić information content (AvgIpc) is 2.54. The number of carbonyl (C=O) groups excluding carboxylic acids is 1. The molecule has 0 unspecified atom stereocenters. The molecule has 0 saturated heterocycles. The average molecular weight is 299 g/mol. The second-order valence-corrected chi connectivity index (χ2v) is 5.60. The van der Waals surface area contributed by atoms with E-state index in [1.54, 1.807) is 12.1 Å². The molecule has 1 aliphatic rings. The highest BCUT2D eigenvalue weighted by atomic mass is 35.5. The SMILES string of the molecule is O=C(O[C@H]1/C(=C/c2ccccc2)C[C@@H]1Cl)c1ccccc1. The predicted molar refractivity (Wildman–Crippen MR) is 84.3 cm³/mol. The van der Waals surface area contributed by atoms with Crippen LogP contribution in [0.15, 0.2) is 66.2 Å². The summed E-state index contributed by atoms with van der Waals surface area (Å²) in [6.07, 6.45) is 2.46. The molecule has 3 heteroatoms. The summed E-state index contributed by atoms with van der Waals surface area (Å²) in [6, 6.07) is 18.9. The van der Waals surface area contributed by atoms with Crippen molar-refractivity contribution < 1.29 is 9.53 Å². The van der Waals surface area contributed by atoms with Crippen LogP contribution >= 0.6 is 11.6 Å². The number of rotatable bonds is 3. The summed E-state index contributed by atoms with van der Waals surface area (Å²) in [5.74, 6) is -0.329. The van der Waals surface area contributed by atoms with Gasteiger partial charge in [0.1, 0.15) is 6.10 Å². The predicted octanol–water partition coefficient (Wildman–Crippen LogP) is 4.31. The number of hydrogen-bond acceptors (Lipinski definition) is 2. The van der Waals surface area contributed by atoms with Crippen LogP contribution in [0.3, 0.4) is 0 Å². The van der Waals surface area contributed by atoms with Gasteiger partial charge < -0.3 is 4.74 Å². The molecular weight excluding hydrogens is 284 g/mol. The Hall–Kier alpha value is -2.06. The molecule has 2 nitrogen and oxygen atoms in total. The van der Waals surface area contributed by atoms with Crippen LogP contribution in [0.1, 0.15) is 22.3 Å². The molecule has 1 saturated carbocycles. The van der Waals surface area contributed by atoms with Crippen molar-refractivity contribution in [2.45, 2.75) is 17.9 Å². The van der Waals surface area contributed by atoms with Crippen LogP contribution in [0, 0.1) is 0 Å². The van der Waals surface area contributed by atoms with E-state index in [2.05, 4.69) is 0 Å². The maximum atomic E-state index is 12.1. The topological polar surface area (TPSA) is 26.3 Å². The molecule has 0 radical (unpaired) electrons. The van der Waals surface area contributed by atoms with Crippen molar-refractivity contribution in [1.29, 1.82) is 0 Å². The van der Waals surface area contributed by atoms with E-state index in [-0.39, 0.29) is 17.5 Å². The summed E-state index contributed by atoms with van der Waals surface area (Å²) >= 11 is 6.19. The molecule has 1 fully saturated rings. The van der Waals surface area contributed by atoms with Gasteiger partial charge in [0.15, 0.2) is 0 Å². The summed E-state index contributed by atoms with van der Waals surface area (Å²) in [4.78, 5) is 12.1. The van der Waals surface area contributed by atoms with Gasteiger partial charge in [0, 0.05) is 0 Å². The van der Waals surface area contributed by atoms with Crippen molar-refractivity contribution in [1.82, 2.24) is 0 Å². The first-order valence-electron chi connectivity index (χ1n) is 6.89. The largest absolute Gasteiger partial charge is 0.453 e. The molecule has 0 aliphatic heterocycles. The zero-order chi connectivity index (χ0) is 14.7. The smallest absolute Gasteiger partial charge is 0.338 e. The standard InChI is InChI=1S/C18H15ClO2/c19-16-12-15(11-13-7-3-1-4-8-13)17(16)21-18(20)14-9-5-2-6-10-14/h1-11,16-17H,12H2/b15-11+/t16-,17-/m0/s1. The summed E-state index contributed by atoms with van der Waals surface area (Å²) in [5, 5.41) is -0.146. The highest BCUT2D eigenvalue weighted by molar-refractivity contribution is 6.22. The summed E-state index contributed by atoms with van der Waals surface area (Å²) in [7, 11) is 0. The summed E-state index contributed by atoms with van der Waals surface area (Å²) in [5.41, 5.74) is 2.70. The fourth-order valence-corrected chi connectivity index (χ4v) is 2.72. The van der Waals surface area contributed by atoms with Gasteiger partial charge in [-0.3, -0.25) is 0 Å². The minimum Gasteiger partial charge on any atom is -0.453 e. The third kappa shape index (κ3) is 3.17. The maximum absolute atomic E-state index is 12.1. The molecule has 0 N–H and O–H groups in total. The number of alkyl halides is 1. The lowest BCUT2D eigenvalue weighted by Gasteiger charge is -2.34. The van der Waals surface area contributed by atoms with Crippen molar-refractivity contribution in [3.63, 3.8) is 0 Å². The molecule has 3 rings (SSSR count). The Kier molecular flexibility index (Phi) is 4.07. The van der Waals surface area contributed by atoms with E-state index in [9.17, 15) is 4.79 Å². The third-order valence-corrected chi connectivity index (χ3v) is 3.90. The number of halogens is 1. The maximum Gasteiger partial charge on any atom is 0.338 e. The van der Waals surface area contributed by atoms with Gasteiger partial charge in [-0.05, 0) is 29.7 Å². The lowest BCUT2D eigenvalue weighted by atomic mass is 9.86. The molecule has 2 aromatic rings. The molecule has 2 aromatic carbocycles. The molecule has 0 spiro atoms. The highest BCUT2D eigenvalue weighted by Gasteiger charge is 2.37. The van der Waals surface area contributed by atoms with E-state index < -0.39 is 0 Å². The van der Waals surface area contributed by atoms with E-state index >= 15 is 0 Å². The van der Waals surface area contributed by atoms with Crippen LogP contribution in [0.2, 0.25) is 0 Å². The van der Waals surface area contributed by atoms with Crippen LogP contribution < -0.4 is 0 Å². The lowest BCUT2D eigenvalue weighted by molar-refractivity contribution is 0.0286. The van der Waals surface area contributed by atoms with E-state index in [4.69, 9.17) is 16.3 Å². The second kappa shape index (κ2) is 6.15. The molecule has 0 aromatic heterocycles. The number of carbonyl (C=O) groups is 1. The number of hydrogen-bond donors (Lipinski definition) is 0. The van der Waals surface area contributed by atoms with Crippen LogP contribution in [0.25, 0.3) is 6.08 Å². The van der Waals surface area contributed by atoms with Crippen LogP contribution in [0.5, 0.6) is 0 Å². The van der Waals surface area contributed by atoms with Crippen molar-refractivity contribution in [3.8, 4) is 0 Å². The monoisotopic (exact) mass is 298 g/mol. The molecule has 106 valence electrons. The molecule has 0 bridgehead atoms. The third-order valence-electron chi connectivity index (χ3n) is 3.52. The zero-order valence-electron chi connectivity index (χ0n) is 11.4. The Bertz CT molecular complexity index is 649. The van der Waals surface area contributed by atoms with E-state index in [1.807, 2.05) is 54.6 Å². The van der Waals surface area contributed by atoms with Crippen LogP contribution in [-0.4, -0.2) is 17.5 Å². The van der Waals surface area contributed by atoms with Crippen molar-refractivity contribution >= 4 is 23.6 Å².